The number of rotatable bonds is 9. The van der Waals surface area contributed by atoms with Gasteiger partial charge in [0.05, 0.1) is 7.11 Å². The number of carbonyl (C=O) groups excluding carboxylic acids is 3. The summed E-state index contributed by atoms with van der Waals surface area (Å²) in [6.07, 6.45) is -0.466. The highest BCUT2D eigenvalue weighted by Crippen LogP contribution is 2.19. The highest BCUT2D eigenvalue weighted by atomic mass is 16.5. The molecule has 0 unspecified atom stereocenters. The number of hydrogen-bond donors (Lipinski definition) is 2. The van der Waals surface area contributed by atoms with Crippen LogP contribution in [0.5, 0.6) is 0 Å². The van der Waals surface area contributed by atoms with E-state index < -0.39 is 24.0 Å². The van der Waals surface area contributed by atoms with Crippen molar-refractivity contribution in [2.24, 2.45) is 0 Å². The summed E-state index contributed by atoms with van der Waals surface area (Å²) in [6.45, 7) is -0.230. The minimum absolute atomic E-state index is 0.0953. The molecule has 0 heterocycles. The molecule has 2 amide bonds. The van der Waals surface area contributed by atoms with Gasteiger partial charge in [0.25, 0.3) is 0 Å². The van der Waals surface area contributed by atoms with Crippen molar-refractivity contribution < 1.29 is 23.9 Å². The van der Waals surface area contributed by atoms with E-state index in [1.807, 2.05) is 84.9 Å². The number of ether oxygens (including phenoxy) is 2. The van der Waals surface area contributed by atoms with Crippen molar-refractivity contribution in [2.75, 3.05) is 13.7 Å². The molecular weight excluding hydrogens is 420 g/mol. The fourth-order valence-electron chi connectivity index (χ4n) is 3.21. The Kier molecular flexibility index (Phi) is 8.59. The van der Waals surface area contributed by atoms with Gasteiger partial charge in [0.2, 0.25) is 5.91 Å². The molecule has 33 heavy (non-hydrogen) atoms. The van der Waals surface area contributed by atoms with Gasteiger partial charge in [0.15, 0.2) is 0 Å². The van der Waals surface area contributed by atoms with Crippen molar-refractivity contribution in [3.63, 3.8) is 0 Å². The van der Waals surface area contributed by atoms with E-state index in [2.05, 4.69) is 10.6 Å². The molecule has 0 aliphatic carbocycles. The molecule has 0 aliphatic heterocycles. The van der Waals surface area contributed by atoms with Gasteiger partial charge >= 0.3 is 12.1 Å². The van der Waals surface area contributed by atoms with Crippen LogP contribution in [0.3, 0.4) is 0 Å². The third kappa shape index (κ3) is 7.50. The Morgan fingerprint density at radius 3 is 2.03 bits per heavy atom. The normalized spacial score (nSPS) is 11.2. The van der Waals surface area contributed by atoms with E-state index >= 15 is 0 Å². The maximum Gasteiger partial charge on any atom is 0.407 e. The van der Waals surface area contributed by atoms with Crippen LogP contribution in [0.25, 0.3) is 11.1 Å². The topological polar surface area (TPSA) is 93.7 Å². The fraction of sp³-hybridized carbons (Fsp3) is 0.192. The number of methoxy groups -OCH3 is 1. The third-order valence-electron chi connectivity index (χ3n) is 4.93. The van der Waals surface area contributed by atoms with Crippen LogP contribution in [0, 0.1) is 0 Å². The molecule has 0 aliphatic rings. The van der Waals surface area contributed by atoms with E-state index in [0.29, 0.717) is 0 Å². The minimum atomic E-state index is -0.882. The highest BCUT2D eigenvalue weighted by molar-refractivity contribution is 5.87. The zero-order valence-corrected chi connectivity index (χ0v) is 18.3. The molecule has 0 saturated heterocycles. The lowest BCUT2D eigenvalue weighted by atomic mass is 10.0. The first kappa shape index (κ1) is 23.5. The summed E-state index contributed by atoms with van der Waals surface area (Å²) in [6, 6.07) is 26.0. The summed E-state index contributed by atoms with van der Waals surface area (Å²) < 4.78 is 9.90. The molecule has 3 aromatic rings. The average Bonchev–Trinajstić information content (AvgIpc) is 2.87. The summed E-state index contributed by atoms with van der Waals surface area (Å²) in [5.41, 5.74) is 3.84. The van der Waals surface area contributed by atoms with E-state index in [1.165, 1.54) is 7.11 Å². The van der Waals surface area contributed by atoms with Crippen LogP contribution in [0.2, 0.25) is 0 Å². The Morgan fingerprint density at radius 2 is 1.39 bits per heavy atom. The van der Waals surface area contributed by atoms with Crippen LogP contribution in [0.1, 0.15) is 11.1 Å². The van der Waals surface area contributed by atoms with E-state index in [0.717, 1.165) is 22.3 Å². The molecule has 3 rings (SSSR count). The Morgan fingerprint density at radius 1 is 0.788 bits per heavy atom. The number of alkyl carbamates (subject to hydrolysis) is 1. The number of benzene rings is 3. The van der Waals surface area contributed by atoms with Gasteiger partial charge in [-0.3, -0.25) is 4.79 Å². The Bertz CT molecular complexity index is 1050. The molecule has 1 atom stereocenters. The van der Waals surface area contributed by atoms with Crippen molar-refractivity contribution >= 4 is 18.0 Å². The van der Waals surface area contributed by atoms with Crippen molar-refractivity contribution in [3.05, 3.63) is 96.1 Å². The van der Waals surface area contributed by atoms with E-state index in [9.17, 15) is 14.4 Å². The quantitative estimate of drug-likeness (QED) is 0.491. The summed E-state index contributed by atoms with van der Waals surface area (Å²) in [5.74, 6) is -1.09. The van der Waals surface area contributed by atoms with Gasteiger partial charge in [-0.25, -0.2) is 9.59 Å². The molecule has 0 radical (unpaired) electrons. The lowest BCUT2D eigenvalue weighted by Gasteiger charge is -2.17. The number of hydrogen-bond acceptors (Lipinski definition) is 5. The van der Waals surface area contributed by atoms with Gasteiger partial charge in [0, 0.05) is 6.42 Å². The molecule has 0 fully saturated rings. The molecule has 170 valence electrons. The van der Waals surface area contributed by atoms with E-state index in [-0.39, 0.29) is 19.6 Å². The maximum absolute atomic E-state index is 12.3. The third-order valence-corrected chi connectivity index (χ3v) is 4.93. The van der Waals surface area contributed by atoms with Crippen LogP contribution in [-0.2, 0) is 32.1 Å². The SMILES string of the molecule is COC(=O)[C@H](Cc1ccc(-c2ccccc2)cc1)NC(=O)CNC(=O)OCc1ccccc1. The first-order valence-corrected chi connectivity index (χ1v) is 10.5. The predicted octanol–water partition coefficient (Wildman–Crippen LogP) is 3.48. The van der Waals surface area contributed by atoms with Crippen molar-refractivity contribution in [2.45, 2.75) is 19.1 Å². The molecule has 0 bridgehead atoms. The summed E-state index contributed by atoms with van der Waals surface area (Å²) in [4.78, 5) is 36.3. The lowest BCUT2D eigenvalue weighted by Crippen LogP contribution is -2.47. The Hall–Kier alpha value is -4.13. The molecule has 7 nitrogen and oxygen atoms in total. The predicted molar refractivity (Wildman–Crippen MR) is 124 cm³/mol. The first-order valence-electron chi connectivity index (χ1n) is 10.5. The monoisotopic (exact) mass is 446 g/mol. The molecule has 2 N–H and O–H groups in total. The molecule has 3 aromatic carbocycles. The van der Waals surface area contributed by atoms with Crippen LogP contribution in [-0.4, -0.2) is 37.7 Å². The summed E-state index contributed by atoms with van der Waals surface area (Å²) in [5, 5.41) is 4.99. The van der Waals surface area contributed by atoms with Crippen molar-refractivity contribution in [1.29, 1.82) is 0 Å². The summed E-state index contributed by atoms with van der Waals surface area (Å²) >= 11 is 0. The lowest BCUT2D eigenvalue weighted by molar-refractivity contribution is -0.144. The second-order valence-electron chi connectivity index (χ2n) is 7.33. The fourth-order valence-corrected chi connectivity index (χ4v) is 3.21. The maximum atomic E-state index is 12.3. The zero-order chi connectivity index (χ0) is 23.5. The number of carbonyl (C=O) groups is 3. The molecule has 0 spiro atoms. The van der Waals surface area contributed by atoms with E-state index in [4.69, 9.17) is 9.47 Å². The number of amides is 2. The Balaban J connectivity index is 1.50. The molecule has 7 heteroatoms. The minimum Gasteiger partial charge on any atom is -0.467 e. The van der Waals surface area contributed by atoms with Gasteiger partial charge < -0.3 is 20.1 Å². The van der Waals surface area contributed by atoms with Gasteiger partial charge in [-0.05, 0) is 22.3 Å². The number of nitrogens with one attached hydrogen (secondary N) is 2. The molecule has 0 aromatic heterocycles. The van der Waals surface area contributed by atoms with E-state index in [1.54, 1.807) is 0 Å². The van der Waals surface area contributed by atoms with Crippen LogP contribution in [0.15, 0.2) is 84.9 Å². The smallest absolute Gasteiger partial charge is 0.407 e. The molecule has 0 saturated carbocycles. The molecular formula is C26H26N2O5. The van der Waals surface area contributed by atoms with Gasteiger partial charge in [0.1, 0.15) is 19.2 Å². The Labute approximate surface area is 192 Å². The number of esters is 1. The zero-order valence-electron chi connectivity index (χ0n) is 18.3. The standard InChI is InChI=1S/C26H26N2O5/c1-32-25(30)23(16-19-12-14-22(15-13-19)21-10-6-3-7-11-21)28-24(29)17-27-26(31)33-18-20-8-4-2-5-9-20/h2-15,23H,16-18H2,1H3,(H,27,31)(H,28,29)/t23-/m0/s1. The largest absolute Gasteiger partial charge is 0.467 e. The van der Waals surface area contributed by atoms with Crippen LogP contribution in [0.4, 0.5) is 4.79 Å². The van der Waals surface area contributed by atoms with Crippen molar-refractivity contribution in [3.8, 4) is 11.1 Å². The highest BCUT2D eigenvalue weighted by Gasteiger charge is 2.22. The van der Waals surface area contributed by atoms with Gasteiger partial charge in [-0.2, -0.15) is 0 Å². The second kappa shape index (κ2) is 12.0. The van der Waals surface area contributed by atoms with Crippen LogP contribution >= 0.6 is 0 Å². The van der Waals surface area contributed by atoms with Gasteiger partial charge in [-0.1, -0.05) is 84.9 Å². The second-order valence-corrected chi connectivity index (χ2v) is 7.33. The van der Waals surface area contributed by atoms with Crippen molar-refractivity contribution in [1.82, 2.24) is 10.6 Å². The first-order chi connectivity index (χ1) is 16.0. The summed E-state index contributed by atoms with van der Waals surface area (Å²) in [7, 11) is 1.26. The van der Waals surface area contributed by atoms with Gasteiger partial charge in [-0.15, -0.1) is 0 Å². The van der Waals surface area contributed by atoms with Crippen LogP contribution < -0.4 is 10.6 Å². The average molecular weight is 447 g/mol.